The van der Waals surface area contributed by atoms with Crippen molar-refractivity contribution in [1.82, 2.24) is 0 Å². The van der Waals surface area contributed by atoms with Gasteiger partial charge in [0.25, 0.3) is 0 Å². The molecule has 0 fully saturated rings. The van der Waals surface area contributed by atoms with Crippen molar-refractivity contribution in [2.75, 3.05) is 0 Å². The van der Waals surface area contributed by atoms with Crippen LogP contribution in [0.5, 0.6) is 5.75 Å². The number of hydrogen-bond donors (Lipinski definition) is 1. The number of carbonyl (C=O) groups is 2. The third kappa shape index (κ3) is 4.24. The van der Waals surface area contributed by atoms with Gasteiger partial charge in [-0.1, -0.05) is 25.4 Å². The average Bonchev–Trinajstić information content (AvgIpc) is 2.37. The quantitative estimate of drug-likeness (QED) is 0.643. The molecule has 19 heavy (non-hydrogen) atoms. The lowest BCUT2D eigenvalue weighted by Crippen LogP contribution is -2.12. The zero-order chi connectivity index (χ0) is 14.4. The minimum absolute atomic E-state index is 0.136. The molecule has 0 heterocycles. The van der Waals surface area contributed by atoms with Crippen LogP contribution >= 0.6 is 11.6 Å². The second kappa shape index (κ2) is 7.14. The fraction of sp³-hybridized carbons (Fsp3) is 0.429. The van der Waals surface area contributed by atoms with Crippen molar-refractivity contribution < 1.29 is 19.4 Å². The van der Waals surface area contributed by atoms with E-state index in [0.29, 0.717) is 17.2 Å². The minimum Gasteiger partial charge on any atom is -0.481 e. The van der Waals surface area contributed by atoms with Crippen LogP contribution in [0, 0.1) is 0 Å². The van der Waals surface area contributed by atoms with Gasteiger partial charge in [-0.2, -0.15) is 0 Å². The lowest BCUT2D eigenvalue weighted by molar-refractivity contribution is -0.142. The molecule has 1 aromatic carbocycles. The number of hydrogen-bond acceptors (Lipinski definition) is 3. The van der Waals surface area contributed by atoms with Crippen LogP contribution in [0.15, 0.2) is 12.1 Å². The lowest BCUT2D eigenvalue weighted by atomic mass is 10.0. The van der Waals surface area contributed by atoms with Gasteiger partial charge >= 0.3 is 11.9 Å². The van der Waals surface area contributed by atoms with Crippen LogP contribution in [-0.2, 0) is 22.4 Å². The van der Waals surface area contributed by atoms with Crippen LogP contribution in [0.4, 0.5) is 0 Å². The summed E-state index contributed by atoms with van der Waals surface area (Å²) in [6, 6.07) is 3.35. The first-order valence-corrected chi connectivity index (χ1v) is 6.60. The molecule has 0 amide bonds. The number of carboxylic acids is 1. The molecule has 1 aromatic rings. The topological polar surface area (TPSA) is 63.6 Å². The van der Waals surface area contributed by atoms with E-state index in [-0.39, 0.29) is 12.8 Å². The molecule has 5 heteroatoms. The Morgan fingerprint density at radius 2 is 1.79 bits per heavy atom. The van der Waals surface area contributed by atoms with Crippen molar-refractivity contribution in [1.29, 1.82) is 0 Å². The number of rotatable bonds is 6. The summed E-state index contributed by atoms with van der Waals surface area (Å²) in [6.45, 7) is 3.94. The molecule has 4 nitrogen and oxygen atoms in total. The smallest absolute Gasteiger partial charge is 0.311 e. The van der Waals surface area contributed by atoms with E-state index >= 15 is 0 Å². The van der Waals surface area contributed by atoms with E-state index in [0.717, 1.165) is 17.5 Å². The fourth-order valence-electron chi connectivity index (χ4n) is 1.89. The maximum absolute atomic E-state index is 11.6. The number of ether oxygens (including phenoxy) is 1. The summed E-state index contributed by atoms with van der Waals surface area (Å²) in [4.78, 5) is 22.0. The molecule has 104 valence electrons. The van der Waals surface area contributed by atoms with Crippen molar-refractivity contribution in [3.05, 3.63) is 28.3 Å². The van der Waals surface area contributed by atoms with Crippen LogP contribution < -0.4 is 4.74 Å². The number of aliphatic carboxylic acids is 1. The Labute approximate surface area is 117 Å². The predicted octanol–water partition coefficient (Wildman–Crippen LogP) is 3.24. The van der Waals surface area contributed by atoms with Gasteiger partial charge in [-0.3, -0.25) is 9.59 Å². The van der Waals surface area contributed by atoms with Crippen molar-refractivity contribution in [2.45, 2.75) is 39.5 Å². The summed E-state index contributed by atoms with van der Waals surface area (Å²) in [5, 5.41) is 9.18. The molecule has 1 rings (SSSR count). The molecule has 0 aliphatic carbocycles. The number of benzene rings is 1. The van der Waals surface area contributed by atoms with Gasteiger partial charge in [0.1, 0.15) is 5.75 Å². The Morgan fingerprint density at radius 1 is 1.16 bits per heavy atom. The van der Waals surface area contributed by atoms with E-state index in [1.807, 2.05) is 13.8 Å². The highest BCUT2D eigenvalue weighted by Gasteiger charge is 2.14. The first kappa shape index (κ1) is 15.5. The van der Waals surface area contributed by atoms with Crippen LogP contribution in [-0.4, -0.2) is 17.0 Å². The summed E-state index contributed by atoms with van der Waals surface area (Å²) < 4.78 is 5.22. The molecular formula is C14H17ClO4. The van der Waals surface area contributed by atoms with Gasteiger partial charge in [-0.25, -0.2) is 0 Å². The molecule has 0 saturated heterocycles. The van der Waals surface area contributed by atoms with E-state index < -0.39 is 11.9 Å². The summed E-state index contributed by atoms with van der Waals surface area (Å²) >= 11 is 6.10. The van der Waals surface area contributed by atoms with Gasteiger partial charge in [0.05, 0.1) is 12.8 Å². The van der Waals surface area contributed by atoms with Crippen LogP contribution in [0.2, 0.25) is 5.02 Å². The molecule has 0 aliphatic heterocycles. The van der Waals surface area contributed by atoms with Gasteiger partial charge in [0.2, 0.25) is 0 Å². The van der Waals surface area contributed by atoms with E-state index in [1.54, 1.807) is 12.1 Å². The molecule has 0 atom stereocenters. The summed E-state index contributed by atoms with van der Waals surface area (Å²) in [5.74, 6) is -1.08. The summed E-state index contributed by atoms with van der Waals surface area (Å²) in [5.41, 5.74) is 1.87. The normalized spacial score (nSPS) is 10.3. The minimum atomic E-state index is -1.02. The number of halogens is 1. The third-order valence-corrected chi connectivity index (χ3v) is 3.16. The SMILES string of the molecule is CCc1c(Cl)ccc(OC(=O)CCC(=O)O)c1CC. The maximum atomic E-state index is 11.6. The third-order valence-electron chi connectivity index (χ3n) is 2.80. The van der Waals surface area contributed by atoms with Crippen molar-refractivity contribution in [3.8, 4) is 5.75 Å². The molecule has 0 unspecified atom stereocenters. The number of carbonyl (C=O) groups excluding carboxylic acids is 1. The van der Waals surface area contributed by atoms with Gasteiger partial charge in [-0.05, 0) is 36.1 Å². The molecule has 0 saturated carbocycles. The molecule has 0 aromatic heterocycles. The van der Waals surface area contributed by atoms with Crippen LogP contribution in [0.25, 0.3) is 0 Å². The molecule has 0 aliphatic rings. The fourth-order valence-corrected chi connectivity index (χ4v) is 2.20. The summed E-state index contributed by atoms with van der Waals surface area (Å²) in [7, 11) is 0. The Bertz CT molecular complexity index is 483. The highest BCUT2D eigenvalue weighted by atomic mass is 35.5. The first-order valence-electron chi connectivity index (χ1n) is 6.22. The van der Waals surface area contributed by atoms with E-state index in [4.69, 9.17) is 21.4 Å². The Morgan fingerprint density at radius 3 is 2.32 bits per heavy atom. The lowest BCUT2D eigenvalue weighted by Gasteiger charge is -2.13. The van der Waals surface area contributed by atoms with E-state index in [2.05, 4.69) is 0 Å². The van der Waals surface area contributed by atoms with Crippen molar-refractivity contribution in [3.63, 3.8) is 0 Å². The largest absolute Gasteiger partial charge is 0.481 e. The molecule has 0 bridgehead atoms. The highest BCUT2D eigenvalue weighted by molar-refractivity contribution is 6.31. The predicted molar refractivity (Wildman–Crippen MR) is 72.7 cm³/mol. The van der Waals surface area contributed by atoms with E-state index in [9.17, 15) is 9.59 Å². The second-order valence-corrected chi connectivity index (χ2v) is 4.48. The molecule has 0 spiro atoms. The Hall–Kier alpha value is -1.55. The monoisotopic (exact) mass is 284 g/mol. The highest BCUT2D eigenvalue weighted by Crippen LogP contribution is 2.30. The van der Waals surface area contributed by atoms with Gasteiger partial charge in [-0.15, -0.1) is 0 Å². The zero-order valence-electron chi connectivity index (χ0n) is 11.0. The van der Waals surface area contributed by atoms with Crippen LogP contribution in [0.3, 0.4) is 0 Å². The van der Waals surface area contributed by atoms with E-state index in [1.165, 1.54) is 0 Å². The number of esters is 1. The Balaban J connectivity index is 2.89. The summed E-state index contributed by atoms with van der Waals surface area (Å²) in [6.07, 6.45) is 1.09. The average molecular weight is 285 g/mol. The first-order chi connectivity index (χ1) is 8.99. The Kier molecular flexibility index (Phi) is 5.83. The van der Waals surface area contributed by atoms with Crippen molar-refractivity contribution >= 4 is 23.5 Å². The van der Waals surface area contributed by atoms with Gasteiger partial charge in [0.15, 0.2) is 0 Å². The zero-order valence-corrected chi connectivity index (χ0v) is 11.8. The molecule has 0 radical (unpaired) electrons. The molecular weight excluding hydrogens is 268 g/mol. The van der Waals surface area contributed by atoms with Crippen LogP contribution in [0.1, 0.15) is 37.8 Å². The van der Waals surface area contributed by atoms with Gasteiger partial charge in [0, 0.05) is 5.02 Å². The molecule has 1 N–H and O–H groups in total. The standard InChI is InChI=1S/C14H17ClO4/c1-3-9-10(4-2)12(6-5-11(9)15)19-14(18)8-7-13(16)17/h5-6H,3-4,7-8H2,1-2H3,(H,16,17). The second-order valence-electron chi connectivity index (χ2n) is 4.08. The number of carboxylic acid groups (broad SMARTS) is 1. The maximum Gasteiger partial charge on any atom is 0.311 e. The van der Waals surface area contributed by atoms with Crippen molar-refractivity contribution in [2.24, 2.45) is 0 Å². The van der Waals surface area contributed by atoms with Gasteiger partial charge < -0.3 is 9.84 Å².